The summed E-state index contributed by atoms with van der Waals surface area (Å²) in [6.07, 6.45) is 1.63. The van der Waals surface area contributed by atoms with Gasteiger partial charge in [-0.1, -0.05) is 23.2 Å². The van der Waals surface area contributed by atoms with E-state index in [9.17, 15) is 0 Å². The van der Waals surface area contributed by atoms with Gasteiger partial charge in [-0.25, -0.2) is 4.98 Å². The average molecular weight is 272 g/mol. The van der Waals surface area contributed by atoms with Gasteiger partial charge in [-0.05, 0) is 12.1 Å². The van der Waals surface area contributed by atoms with E-state index in [-0.39, 0.29) is 0 Å². The predicted octanol–water partition coefficient (Wildman–Crippen LogP) is 2.32. The Morgan fingerprint density at radius 2 is 2.00 bits per heavy atom. The molecule has 90 valence electrons. The summed E-state index contributed by atoms with van der Waals surface area (Å²) in [4.78, 5) is 4.09. The first-order valence-electron chi connectivity index (χ1n) is 4.89. The fourth-order valence-corrected chi connectivity index (χ4v) is 2.03. The first kappa shape index (κ1) is 12.0. The topological polar surface area (TPSA) is 68.8 Å². The summed E-state index contributed by atoms with van der Waals surface area (Å²) in [5.41, 5.74) is 6.78. The lowest BCUT2D eigenvalue weighted by Gasteiger charge is -2.09. The quantitative estimate of drug-likeness (QED) is 0.841. The van der Waals surface area contributed by atoms with E-state index in [1.165, 1.54) is 0 Å². The number of hydrogen-bond acceptors (Lipinski definition) is 4. The maximum Gasteiger partial charge on any atom is 0.169 e. The molecule has 2 aromatic rings. The molecular weight excluding hydrogens is 261 g/mol. The molecule has 5 nitrogen and oxygen atoms in total. The number of rotatable bonds is 3. The standard InChI is InChI=1S/C10H11Cl2N5/c1-17-5-15-9(16-17)4-14-10-7(11)2-6(13)3-8(10)12/h2-3,5,14H,4,13H2,1H3. The highest BCUT2D eigenvalue weighted by molar-refractivity contribution is 6.39. The monoisotopic (exact) mass is 271 g/mol. The lowest BCUT2D eigenvalue weighted by molar-refractivity contribution is 0.747. The van der Waals surface area contributed by atoms with Crippen LogP contribution in [0.4, 0.5) is 11.4 Å². The van der Waals surface area contributed by atoms with Gasteiger partial charge in [-0.3, -0.25) is 4.68 Å². The molecule has 7 heteroatoms. The molecule has 0 radical (unpaired) electrons. The Balaban J connectivity index is 2.14. The highest BCUT2D eigenvalue weighted by Crippen LogP contribution is 2.32. The molecule has 1 heterocycles. The molecule has 0 aliphatic heterocycles. The SMILES string of the molecule is Cn1cnc(CNc2c(Cl)cc(N)cc2Cl)n1. The number of nitrogens with two attached hydrogens (primary N) is 1. The Morgan fingerprint density at radius 1 is 1.35 bits per heavy atom. The van der Waals surface area contributed by atoms with E-state index < -0.39 is 0 Å². The number of hydrogen-bond donors (Lipinski definition) is 2. The summed E-state index contributed by atoms with van der Waals surface area (Å²) in [6, 6.07) is 3.28. The predicted molar refractivity (Wildman–Crippen MR) is 69.2 cm³/mol. The molecule has 0 spiro atoms. The third-order valence-corrected chi connectivity index (χ3v) is 2.73. The van der Waals surface area contributed by atoms with Crippen LogP contribution in [0.5, 0.6) is 0 Å². The van der Waals surface area contributed by atoms with Crippen molar-refractivity contribution in [2.75, 3.05) is 11.1 Å². The highest BCUT2D eigenvalue weighted by atomic mass is 35.5. The van der Waals surface area contributed by atoms with Crippen molar-refractivity contribution in [2.45, 2.75) is 6.54 Å². The molecule has 0 unspecified atom stereocenters. The molecule has 3 N–H and O–H groups in total. The summed E-state index contributed by atoms with van der Waals surface area (Å²) in [6.45, 7) is 0.449. The summed E-state index contributed by atoms with van der Waals surface area (Å²) < 4.78 is 1.63. The van der Waals surface area contributed by atoms with Crippen LogP contribution in [-0.4, -0.2) is 14.8 Å². The van der Waals surface area contributed by atoms with Crippen molar-refractivity contribution < 1.29 is 0 Å². The summed E-state index contributed by atoms with van der Waals surface area (Å²) in [7, 11) is 1.81. The summed E-state index contributed by atoms with van der Waals surface area (Å²) in [5, 5.41) is 8.17. The minimum atomic E-state index is 0.449. The molecule has 0 atom stereocenters. The second-order valence-corrected chi connectivity index (χ2v) is 4.36. The van der Waals surface area contributed by atoms with Gasteiger partial charge in [0.2, 0.25) is 0 Å². The van der Waals surface area contributed by atoms with Crippen molar-refractivity contribution in [3.63, 3.8) is 0 Å². The molecule has 17 heavy (non-hydrogen) atoms. The van der Waals surface area contributed by atoms with Crippen LogP contribution >= 0.6 is 23.2 Å². The molecule has 0 saturated carbocycles. The van der Waals surface area contributed by atoms with Crippen LogP contribution in [0.2, 0.25) is 10.0 Å². The average Bonchev–Trinajstić information content (AvgIpc) is 2.62. The molecular formula is C10H11Cl2N5. The third kappa shape index (κ3) is 2.81. The number of nitrogens with zero attached hydrogens (tertiary/aromatic N) is 3. The van der Waals surface area contributed by atoms with E-state index in [0.29, 0.717) is 33.8 Å². The molecule has 0 aliphatic carbocycles. The van der Waals surface area contributed by atoms with Crippen LogP contribution in [-0.2, 0) is 13.6 Å². The highest BCUT2D eigenvalue weighted by Gasteiger charge is 2.08. The minimum absolute atomic E-state index is 0.449. The maximum absolute atomic E-state index is 6.03. The van der Waals surface area contributed by atoms with Gasteiger partial charge in [0.1, 0.15) is 6.33 Å². The van der Waals surface area contributed by atoms with E-state index >= 15 is 0 Å². The van der Waals surface area contributed by atoms with Gasteiger partial charge in [-0.2, -0.15) is 5.10 Å². The zero-order valence-electron chi connectivity index (χ0n) is 9.11. The van der Waals surface area contributed by atoms with E-state index in [1.54, 1.807) is 30.2 Å². The largest absolute Gasteiger partial charge is 0.399 e. The maximum atomic E-state index is 6.03. The summed E-state index contributed by atoms with van der Waals surface area (Å²) >= 11 is 12.1. The van der Waals surface area contributed by atoms with Crippen LogP contribution in [0.3, 0.4) is 0 Å². The van der Waals surface area contributed by atoms with Gasteiger partial charge in [0, 0.05) is 12.7 Å². The van der Waals surface area contributed by atoms with Crippen LogP contribution in [0, 0.1) is 0 Å². The van der Waals surface area contributed by atoms with Crippen molar-refractivity contribution in [3.05, 3.63) is 34.3 Å². The Labute approximate surface area is 109 Å². The van der Waals surface area contributed by atoms with Crippen molar-refractivity contribution in [1.29, 1.82) is 0 Å². The molecule has 0 amide bonds. The Bertz CT molecular complexity index is 514. The molecule has 1 aromatic heterocycles. The van der Waals surface area contributed by atoms with Gasteiger partial charge in [0.05, 0.1) is 22.3 Å². The molecule has 0 fully saturated rings. The van der Waals surface area contributed by atoms with E-state index in [4.69, 9.17) is 28.9 Å². The van der Waals surface area contributed by atoms with Crippen molar-refractivity contribution in [2.24, 2.45) is 7.05 Å². The van der Waals surface area contributed by atoms with Gasteiger partial charge in [0.15, 0.2) is 5.82 Å². The van der Waals surface area contributed by atoms with Crippen LogP contribution in [0.15, 0.2) is 18.5 Å². The second kappa shape index (κ2) is 4.81. The lowest BCUT2D eigenvalue weighted by atomic mass is 10.3. The first-order valence-corrected chi connectivity index (χ1v) is 5.65. The second-order valence-electron chi connectivity index (χ2n) is 3.55. The van der Waals surface area contributed by atoms with Crippen LogP contribution in [0.25, 0.3) is 0 Å². The normalized spacial score (nSPS) is 10.5. The third-order valence-electron chi connectivity index (χ3n) is 2.13. The molecule has 0 aliphatic rings. The smallest absolute Gasteiger partial charge is 0.169 e. The fourth-order valence-electron chi connectivity index (χ4n) is 1.39. The Hall–Kier alpha value is -1.46. The summed E-state index contributed by atoms with van der Waals surface area (Å²) in [5.74, 6) is 0.663. The van der Waals surface area contributed by atoms with Crippen LogP contribution < -0.4 is 11.1 Å². The zero-order valence-corrected chi connectivity index (χ0v) is 10.6. The number of nitrogen functional groups attached to an aromatic ring is 1. The fraction of sp³-hybridized carbons (Fsp3) is 0.200. The number of aromatic nitrogens is 3. The number of benzene rings is 1. The number of nitrogens with one attached hydrogen (secondary N) is 1. The Kier molecular flexibility index (Phi) is 3.40. The number of halogens is 2. The number of anilines is 2. The Morgan fingerprint density at radius 3 is 2.53 bits per heavy atom. The van der Waals surface area contributed by atoms with Crippen molar-refractivity contribution >= 4 is 34.6 Å². The van der Waals surface area contributed by atoms with Gasteiger partial charge >= 0.3 is 0 Å². The first-order chi connectivity index (χ1) is 8.06. The molecule has 0 bridgehead atoms. The van der Waals surface area contributed by atoms with Crippen LogP contribution in [0.1, 0.15) is 5.82 Å². The minimum Gasteiger partial charge on any atom is -0.399 e. The van der Waals surface area contributed by atoms with Gasteiger partial charge in [-0.15, -0.1) is 0 Å². The molecule has 2 rings (SSSR count). The lowest BCUT2D eigenvalue weighted by Crippen LogP contribution is -2.03. The van der Waals surface area contributed by atoms with Gasteiger partial charge in [0.25, 0.3) is 0 Å². The number of aryl methyl sites for hydroxylation is 1. The van der Waals surface area contributed by atoms with E-state index in [2.05, 4.69) is 15.4 Å². The van der Waals surface area contributed by atoms with Crippen molar-refractivity contribution in [3.8, 4) is 0 Å². The zero-order chi connectivity index (χ0) is 12.4. The molecule has 1 aromatic carbocycles. The van der Waals surface area contributed by atoms with Crippen molar-refractivity contribution in [1.82, 2.24) is 14.8 Å². The van der Waals surface area contributed by atoms with E-state index in [0.717, 1.165) is 0 Å². The van der Waals surface area contributed by atoms with E-state index in [1.807, 2.05) is 0 Å². The van der Waals surface area contributed by atoms with Gasteiger partial charge < -0.3 is 11.1 Å². The molecule has 0 saturated heterocycles.